The van der Waals surface area contributed by atoms with Crippen LogP contribution in [0.5, 0.6) is 0 Å². The van der Waals surface area contributed by atoms with E-state index in [0.29, 0.717) is 12.0 Å². The van der Waals surface area contributed by atoms with Gasteiger partial charge >= 0.3 is 5.97 Å². The summed E-state index contributed by atoms with van der Waals surface area (Å²) in [5, 5.41) is 16.5. The van der Waals surface area contributed by atoms with Crippen molar-refractivity contribution in [1.82, 2.24) is 15.1 Å². The molecule has 0 aliphatic carbocycles. The summed E-state index contributed by atoms with van der Waals surface area (Å²) in [5.74, 6) is -0.941. The highest BCUT2D eigenvalue weighted by molar-refractivity contribution is 5.94. The summed E-state index contributed by atoms with van der Waals surface area (Å²) in [4.78, 5) is 23.3. The van der Waals surface area contributed by atoms with E-state index in [1.54, 1.807) is 16.8 Å². The molecule has 0 bridgehead atoms. The molecule has 0 spiro atoms. The van der Waals surface area contributed by atoms with E-state index >= 15 is 0 Å². The summed E-state index contributed by atoms with van der Waals surface area (Å²) < 4.78 is 7.42. The highest BCUT2D eigenvalue weighted by atomic mass is 16.5. The van der Waals surface area contributed by atoms with Crippen molar-refractivity contribution in [2.24, 2.45) is 0 Å². The highest BCUT2D eigenvalue weighted by Crippen LogP contribution is 2.20. The van der Waals surface area contributed by atoms with Crippen molar-refractivity contribution in [2.45, 2.75) is 58.6 Å². The van der Waals surface area contributed by atoms with Gasteiger partial charge in [0, 0.05) is 24.3 Å². The lowest BCUT2D eigenvalue weighted by molar-refractivity contribution is -0.136. The van der Waals surface area contributed by atoms with Gasteiger partial charge in [0.05, 0.1) is 23.5 Å². The van der Waals surface area contributed by atoms with E-state index in [1.807, 2.05) is 32.9 Å². The van der Waals surface area contributed by atoms with Gasteiger partial charge in [-0.25, -0.2) is 4.68 Å². The first-order chi connectivity index (χ1) is 13.4. The maximum absolute atomic E-state index is 12.5. The Kier molecular flexibility index (Phi) is 6.14. The second-order valence-electron chi connectivity index (χ2n) is 7.32. The Hall–Kier alpha value is -2.67. The van der Waals surface area contributed by atoms with Crippen LogP contribution in [-0.4, -0.2) is 45.5 Å². The van der Waals surface area contributed by atoms with Crippen LogP contribution in [0.15, 0.2) is 24.3 Å². The summed E-state index contributed by atoms with van der Waals surface area (Å²) in [6, 6.07) is 7.24. The number of amides is 1. The molecule has 150 valence electrons. The van der Waals surface area contributed by atoms with Crippen LogP contribution in [0, 0.1) is 13.8 Å². The number of carbonyl (C=O) groups excluding carboxylic acids is 1. The summed E-state index contributed by atoms with van der Waals surface area (Å²) in [6.45, 7) is 6.55. The number of carboxylic acids is 1. The van der Waals surface area contributed by atoms with E-state index in [9.17, 15) is 9.59 Å². The quantitative estimate of drug-likeness (QED) is 0.764. The molecule has 1 aromatic heterocycles. The smallest absolute Gasteiger partial charge is 0.303 e. The van der Waals surface area contributed by atoms with Gasteiger partial charge in [0.1, 0.15) is 0 Å². The number of aliphatic carboxylic acids is 1. The molecule has 3 rings (SSSR count). The molecule has 0 saturated carbocycles. The van der Waals surface area contributed by atoms with Gasteiger partial charge in [0.25, 0.3) is 5.91 Å². The normalized spacial score (nSPS) is 17.5. The third-order valence-corrected chi connectivity index (χ3v) is 5.29. The number of benzene rings is 1. The van der Waals surface area contributed by atoms with Gasteiger partial charge in [-0.05, 0) is 69.9 Å². The molecule has 7 nitrogen and oxygen atoms in total. The largest absolute Gasteiger partial charge is 0.481 e. The van der Waals surface area contributed by atoms with Crippen molar-refractivity contribution < 1.29 is 19.4 Å². The minimum atomic E-state index is -0.820. The Morgan fingerprint density at radius 2 is 2.04 bits per heavy atom. The van der Waals surface area contributed by atoms with E-state index in [2.05, 4.69) is 10.4 Å². The number of hydrogen-bond donors (Lipinski definition) is 2. The van der Waals surface area contributed by atoms with Crippen LogP contribution < -0.4 is 5.32 Å². The molecule has 1 amide bonds. The summed E-state index contributed by atoms with van der Waals surface area (Å²) >= 11 is 0. The van der Waals surface area contributed by atoms with Crippen LogP contribution >= 0.6 is 0 Å². The predicted molar refractivity (Wildman–Crippen MR) is 105 cm³/mol. The molecular weight excluding hydrogens is 358 g/mol. The Morgan fingerprint density at radius 1 is 1.32 bits per heavy atom. The zero-order valence-corrected chi connectivity index (χ0v) is 16.6. The lowest BCUT2D eigenvalue weighted by Crippen LogP contribution is -2.40. The molecule has 7 heteroatoms. The average Bonchev–Trinajstić information content (AvgIpc) is 3.29. The molecule has 2 N–H and O–H groups in total. The number of nitrogens with one attached hydrogen (secondary N) is 1. The number of hydrogen-bond acceptors (Lipinski definition) is 4. The second-order valence-corrected chi connectivity index (χ2v) is 7.32. The maximum atomic E-state index is 12.5. The zero-order chi connectivity index (χ0) is 20.3. The van der Waals surface area contributed by atoms with Crippen LogP contribution in [0.25, 0.3) is 5.69 Å². The van der Waals surface area contributed by atoms with E-state index < -0.39 is 5.97 Å². The van der Waals surface area contributed by atoms with E-state index in [0.717, 1.165) is 42.1 Å². The summed E-state index contributed by atoms with van der Waals surface area (Å²) in [5.41, 5.74) is 4.12. The second kappa shape index (κ2) is 8.56. The lowest BCUT2D eigenvalue weighted by atomic mass is 10.1. The molecule has 1 saturated heterocycles. The van der Waals surface area contributed by atoms with Gasteiger partial charge in [0.2, 0.25) is 0 Å². The van der Waals surface area contributed by atoms with Crippen molar-refractivity contribution in [3.05, 3.63) is 46.8 Å². The number of aromatic nitrogens is 2. The molecule has 2 aromatic rings. The van der Waals surface area contributed by atoms with Crippen LogP contribution in [0.1, 0.15) is 53.5 Å². The number of ether oxygens (including phenoxy) is 1. The Balaban J connectivity index is 1.71. The van der Waals surface area contributed by atoms with Crippen molar-refractivity contribution in [3.63, 3.8) is 0 Å². The number of carboxylic acid groups (broad SMARTS) is 1. The number of nitrogens with zero attached hydrogens (tertiary/aromatic N) is 2. The molecule has 1 aliphatic rings. The van der Waals surface area contributed by atoms with Crippen molar-refractivity contribution in [2.75, 3.05) is 6.61 Å². The first-order valence-electron chi connectivity index (χ1n) is 9.66. The lowest BCUT2D eigenvalue weighted by Gasteiger charge is -2.20. The van der Waals surface area contributed by atoms with Gasteiger partial charge in [-0.2, -0.15) is 5.10 Å². The SMILES string of the molecule is Cc1nn(-c2ccc(C(=O)N[C@H](C)[C@@H]3CCCO3)cc2)c(C)c1CCC(=O)O. The van der Waals surface area contributed by atoms with E-state index in [-0.39, 0.29) is 24.5 Å². The molecular formula is C21H27N3O4. The van der Waals surface area contributed by atoms with E-state index in [1.165, 1.54) is 0 Å². The third kappa shape index (κ3) is 4.42. The van der Waals surface area contributed by atoms with Crippen molar-refractivity contribution >= 4 is 11.9 Å². The van der Waals surface area contributed by atoms with Gasteiger partial charge in [-0.1, -0.05) is 0 Å². The molecule has 0 unspecified atom stereocenters. The van der Waals surface area contributed by atoms with E-state index in [4.69, 9.17) is 9.84 Å². The Bertz CT molecular complexity index is 851. The number of aryl methyl sites for hydroxylation is 1. The fourth-order valence-corrected chi connectivity index (χ4v) is 3.65. The van der Waals surface area contributed by atoms with Crippen molar-refractivity contribution in [3.8, 4) is 5.69 Å². The number of rotatable bonds is 7. The summed E-state index contributed by atoms with van der Waals surface area (Å²) in [6.07, 6.45) is 2.63. The molecule has 1 fully saturated rings. The molecule has 1 aliphatic heterocycles. The Labute approximate surface area is 164 Å². The van der Waals surface area contributed by atoms with Gasteiger partial charge < -0.3 is 15.2 Å². The third-order valence-electron chi connectivity index (χ3n) is 5.29. The molecule has 2 heterocycles. The molecule has 0 radical (unpaired) electrons. The predicted octanol–water partition coefficient (Wildman–Crippen LogP) is 2.80. The molecule has 1 aromatic carbocycles. The average molecular weight is 385 g/mol. The maximum Gasteiger partial charge on any atom is 0.303 e. The van der Waals surface area contributed by atoms with Crippen molar-refractivity contribution in [1.29, 1.82) is 0 Å². The zero-order valence-electron chi connectivity index (χ0n) is 16.6. The topological polar surface area (TPSA) is 93.5 Å². The first kappa shape index (κ1) is 20.1. The minimum absolute atomic E-state index is 0.0255. The Morgan fingerprint density at radius 3 is 2.64 bits per heavy atom. The van der Waals surface area contributed by atoms with Gasteiger partial charge in [-0.15, -0.1) is 0 Å². The fraction of sp³-hybridized carbons (Fsp3) is 0.476. The van der Waals surface area contributed by atoms with Gasteiger partial charge in [0.15, 0.2) is 0 Å². The molecule has 2 atom stereocenters. The number of carbonyl (C=O) groups is 2. The monoisotopic (exact) mass is 385 g/mol. The van der Waals surface area contributed by atoms with Gasteiger partial charge in [-0.3, -0.25) is 9.59 Å². The summed E-state index contributed by atoms with van der Waals surface area (Å²) in [7, 11) is 0. The fourth-order valence-electron chi connectivity index (χ4n) is 3.65. The van der Waals surface area contributed by atoms with Crippen LogP contribution in [0.3, 0.4) is 0 Å². The first-order valence-corrected chi connectivity index (χ1v) is 9.66. The van der Waals surface area contributed by atoms with Crippen LogP contribution in [-0.2, 0) is 16.0 Å². The standard InChI is InChI=1S/C21H27N3O4/c1-13-18(10-11-20(25)26)15(3)24(23-13)17-8-6-16(7-9-17)21(27)22-14(2)19-5-4-12-28-19/h6-9,14,19H,4-5,10-12H2,1-3H3,(H,22,27)(H,25,26)/t14-,19+/m1/s1. The van der Waals surface area contributed by atoms with Crippen LogP contribution in [0.2, 0.25) is 0 Å². The minimum Gasteiger partial charge on any atom is -0.481 e. The molecule has 28 heavy (non-hydrogen) atoms. The highest BCUT2D eigenvalue weighted by Gasteiger charge is 2.24. The van der Waals surface area contributed by atoms with Crippen LogP contribution in [0.4, 0.5) is 0 Å².